The van der Waals surface area contributed by atoms with Crippen molar-refractivity contribution in [2.24, 2.45) is 0 Å². The molecular formula is C21H20Br2N4O4. The number of fused-ring (bicyclic) bond motifs is 1. The van der Waals surface area contributed by atoms with Gasteiger partial charge in [-0.15, -0.1) is 0 Å². The van der Waals surface area contributed by atoms with Gasteiger partial charge in [0.15, 0.2) is 0 Å². The quantitative estimate of drug-likeness (QED) is 0.322. The molecule has 1 heterocycles. The summed E-state index contributed by atoms with van der Waals surface area (Å²) in [4.78, 5) is 37.6. The van der Waals surface area contributed by atoms with Crippen LogP contribution in [0, 0.1) is 6.92 Å². The Morgan fingerprint density at radius 2 is 1.71 bits per heavy atom. The van der Waals surface area contributed by atoms with E-state index in [4.69, 9.17) is 4.74 Å². The van der Waals surface area contributed by atoms with Gasteiger partial charge in [0.25, 0.3) is 5.91 Å². The first-order chi connectivity index (χ1) is 14.8. The Balaban J connectivity index is 1.92. The number of hydrogen-bond acceptors (Lipinski definition) is 4. The molecule has 0 saturated heterocycles. The third kappa shape index (κ3) is 5.52. The van der Waals surface area contributed by atoms with E-state index in [-0.39, 0.29) is 18.8 Å². The summed E-state index contributed by atoms with van der Waals surface area (Å²) in [6.07, 6.45) is 0. The first-order valence-corrected chi connectivity index (χ1v) is 10.9. The molecule has 8 nitrogen and oxygen atoms in total. The fourth-order valence-corrected chi connectivity index (χ4v) is 3.78. The first kappa shape index (κ1) is 23.0. The zero-order chi connectivity index (χ0) is 22.5. The number of halogens is 2. The van der Waals surface area contributed by atoms with Crippen LogP contribution in [0.2, 0.25) is 0 Å². The molecule has 0 fully saturated rings. The van der Waals surface area contributed by atoms with E-state index in [1.807, 2.05) is 25.1 Å². The van der Waals surface area contributed by atoms with E-state index >= 15 is 0 Å². The first-order valence-electron chi connectivity index (χ1n) is 9.27. The van der Waals surface area contributed by atoms with Crippen molar-refractivity contribution in [1.29, 1.82) is 0 Å². The minimum absolute atomic E-state index is 0.175. The Morgan fingerprint density at radius 1 is 1.00 bits per heavy atom. The molecule has 2 aromatic carbocycles. The number of carbonyl (C=O) groups is 3. The molecular weight excluding hydrogens is 532 g/mol. The summed E-state index contributed by atoms with van der Waals surface area (Å²) in [5.41, 5.74) is 4.76. The number of anilines is 1. The van der Waals surface area contributed by atoms with Crippen LogP contribution in [0.15, 0.2) is 51.4 Å². The molecule has 162 valence electrons. The van der Waals surface area contributed by atoms with Gasteiger partial charge in [0.2, 0.25) is 0 Å². The van der Waals surface area contributed by atoms with E-state index in [0.29, 0.717) is 16.6 Å². The zero-order valence-electron chi connectivity index (χ0n) is 16.8. The number of aryl methyl sites for hydroxylation is 1. The summed E-state index contributed by atoms with van der Waals surface area (Å²) in [7, 11) is 1.49. The number of benzene rings is 2. The van der Waals surface area contributed by atoms with Crippen molar-refractivity contribution in [3.63, 3.8) is 0 Å². The highest BCUT2D eigenvalue weighted by atomic mass is 79.9. The number of ether oxygens (including phenoxy) is 1. The highest BCUT2D eigenvalue weighted by Crippen LogP contribution is 2.25. The van der Waals surface area contributed by atoms with Crippen LogP contribution >= 0.6 is 31.9 Å². The van der Waals surface area contributed by atoms with Crippen LogP contribution in [0.3, 0.4) is 0 Å². The smallest absolute Gasteiger partial charge is 0.328 e. The standard InChI is InChI=1S/C21H20Br2N4O4/c1-12-9-14(22)3-5-16(12)25-19(28)18-11-13-10-15(23)4-6-17(13)27(18)26-21(30)20(29)24-7-8-31-2/h3-6,9-11H,7-8H2,1-2H3,(H,24,29)(H,25,28)(H,26,30). The summed E-state index contributed by atoms with van der Waals surface area (Å²) < 4.78 is 7.88. The van der Waals surface area contributed by atoms with Gasteiger partial charge < -0.3 is 15.4 Å². The van der Waals surface area contributed by atoms with E-state index in [0.717, 1.165) is 14.5 Å². The largest absolute Gasteiger partial charge is 0.383 e. The van der Waals surface area contributed by atoms with Crippen molar-refractivity contribution in [1.82, 2.24) is 9.99 Å². The van der Waals surface area contributed by atoms with E-state index in [9.17, 15) is 14.4 Å². The van der Waals surface area contributed by atoms with Gasteiger partial charge in [-0.25, -0.2) is 4.68 Å². The van der Waals surface area contributed by atoms with Gasteiger partial charge in [-0.3, -0.25) is 19.8 Å². The lowest BCUT2D eigenvalue weighted by atomic mass is 10.2. The summed E-state index contributed by atoms with van der Waals surface area (Å²) in [5, 5.41) is 6.02. The van der Waals surface area contributed by atoms with Crippen molar-refractivity contribution in [3.8, 4) is 0 Å². The number of hydrogen-bond donors (Lipinski definition) is 3. The second kappa shape index (κ2) is 10.1. The molecule has 0 aliphatic rings. The van der Waals surface area contributed by atoms with Crippen LogP contribution < -0.4 is 16.1 Å². The maximum Gasteiger partial charge on any atom is 0.328 e. The molecule has 0 atom stereocenters. The molecule has 3 aromatic rings. The molecule has 0 bridgehead atoms. The molecule has 3 N–H and O–H groups in total. The maximum atomic E-state index is 13.1. The summed E-state index contributed by atoms with van der Waals surface area (Å²) >= 11 is 6.80. The fourth-order valence-electron chi connectivity index (χ4n) is 2.93. The number of rotatable bonds is 6. The minimum Gasteiger partial charge on any atom is -0.383 e. The van der Waals surface area contributed by atoms with E-state index in [1.165, 1.54) is 11.8 Å². The molecule has 0 aliphatic heterocycles. The number of aromatic nitrogens is 1. The minimum atomic E-state index is -0.898. The van der Waals surface area contributed by atoms with Crippen molar-refractivity contribution >= 4 is 66.2 Å². The van der Waals surface area contributed by atoms with E-state index < -0.39 is 17.7 Å². The van der Waals surface area contributed by atoms with Gasteiger partial charge in [-0.2, -0.15) is 0 Å². The van der Waals surface area contributed by atoms with Crippen molar-refractivity contribution in [2.75, 3.05) is 31.0 Å². The topological polar surface area (TPSA) is 101 Å². The molecule has 0 unspecified atom stereocenters. The third-order valence-electron chi connectivity index (χ3n) is 4.44. The predicted molar refractivity (Wildman–Crippen MR) is 126 cm³/mol. The maximum absolute atomic E-state index is 13.1. The Hall–Kier alpha value is -2.69. The second-order valence-corrected chi connectivity index (χ2v) is 8.50. The number of methoxy groups -OCH3 is 1. The average molecular weight is 552 g/mol. The van der Waals surface area contributed by atoms with Crippen LogP contribution in [-0.2, 0) is 14.3 Å². The monoisotopic (exact) mass is 550 g/mol. The van der Waals surface area contributed by atoms with Crippen molar-refractivity contribution in [2.45, 2.75) is 6.92 Å². The van der Waals surface area contributed by atoms with Crippen LogP contribution in [-0.4, -0.2) is 42.7 Å². The highest BCUT2D eigenvalue weighted by Gasteiger charge is 2.21. The lowest BCUT2D eigenvalue weighted by Gasteiger charge is -2.13. The van der Waals surface area contributed by atoms with Gasteiger partial charge in [0, 0.05) is 33.7 Å². The lowest BCUT2D eigenvalue weighted by Crippen LogP contribution is -2.40. The van der Waals surface area contributed by atoms with Crippen molar-refractivity contribution in [3.05, 3.63) is 62.7 Å². The van der Waals surface area contributed by atoms with Crippen LogP contribution in [0.5, 0.6) is 0 Å². The summed E-state index contributed by atoms with van der Waals surface area (Å²) in [6, 6.07) is 12.5. The molecule has 0 aliphatic carbocycles. The Bertz CT molecular complexity index is 1160. The molecule has 3 amide bonds. The van der Waals surface area contributed by atoms with Crippen LogP contribution in [0.4, 0.5) is 5.69 Å². The summed E-state index contributed by atoms with van der Waals surface area (Å²) in [6.45, 7) is 2.34. The number of nitrogens with one attached hydrogen (secondary N) is 3. The Labute approximate surface area is 195 Å². The highest BCUT2D eigenvalue weighted by molar-refractivity contribution is 9.10. The SMILES string of the molecule is COCCNC(=O)C(=O)Nn1c(C(=O)Nc2ccc(Br)cc2C)cc2cc(Br)ccc21. The predicted octanol–water partition coefficient (Wildman–Crippen LogP) is 3.56. The normalized spacial score (nSPS) is 10.7. The average Bonchev–Trinajstić information content (AvgIpc) is 3.07. The Kier molecular flexibility index (Phi) is 7.47. The van der Waals surface area contributed by atoms with Gasteiger partial charge in [0.1, 0.15) is 5.69 Å². The third-order valence-corrected chi connectivity index (χ3v) is 5.43. The van der Waals surface area contributed by atoms with Gasteiger partial charge in [-0.1, -0.05) is 31.9 Å². The number of nitrogens with zero attached hydrogens (tertiary/aromatic N) is 1. The molecule has 0 spiro atoms. The van der Waals surface area contributed by atoms with Gasteiger partial charge in [0.05, 0.1) is 12.1 Å². The fraction of sp³-hybridized carbons (Fsp3) is 0.190. The van der Waals surface area contributed by atoms with Crippen LogP contribution in [0.25, 0.3) is 10.9 Å². The van der Waals surface area contributed by atoms with E-state index in [2.05, 4.69) is 47.9 Å². The van der Waals surface area contributed by atoms with Crippen molar-refractivity contribution < 1.29 is 19.1 Å². The molecule has 31 heavy (non-hydrogen) atoms. The summed E-state index contributed by atoms with van der Waals surface area (Å²) in [5.74, 6) is -2.16. The van der Waals surface area contributed by atoms with Gasteiger partial charge >= 0.3 is 11.8 Å². The number of carbonyl (C=O) groups excluding carboxylic acids is 3. The molecule has 1 aromatic heterocycles. The van der Waals surface area contributed by atoms with Gasteiger partial charge in [-0.05, 0) is 55.0 Å². The molecule has 0 saturated carbocycles. The molecule has 10 heteroatoms. The Morgan fingerprint density at radius 3 is 2.42 bits per heavy atom. The molecule has 0 radical (unpaired) electrons. The van der Waals surface area contributed by atoms with Crippen LogP contribution in [0.1, 0.15) is 16.1 Å². The zero-order valence-corrected chi connectivity index (χ0v) is 20.0. The lowest BCUT2D eigenvalue weighted by molar-refractivity contribution is -0.136. The molecule has 3 rings (SSSR count). The second-order valence-electron chi connectivity index (χ2n) is 6.67. The number of amides is 3. The van der Waals surface area contributed by atoms with E-state index in [1.54, 1.807) is 24.3 Å².